The number of nitrogens with one attached hydrogen (secondary N) is 2. The molecule has 17 heavy (non-hydrogen) atoms. The SMILES string of the molecule is CC1CC(C)(C)CC12NC(=NC1CC1)NC2=O. The van der Waals surface area contributed by atoms with Crippen molar-refractivity contribution in [2.24, 2.45) is 16.3 Å². The fourth-order valence-electron chi connectivity index (χ4n) is 3.44. The van der Waals surface area contributed by atoms with Crippen molar-refractivity contribution in [3.05, 3.63) is 0 Å². The number of hydrogen-bond donors (Lipinski definition) is 2. The molecule has 1 aliphatic heterocycles. The van der Waals surface area contributed by atoms with E-state index in [1.807, 2.05) is 0 Å². The summed E-state index contributed by atoms with van der Waals surface area (Å²) in [6.07, 6.45) is 4.31. The third-order valence-electron chi connectivity index (χ3n) is 4.29. The second-order valence-corrected chi connectivity index (χ2v) is 6.71. The topological polar surface area (TPSA) is 53.5 Å². The zero-order valence-corrected chi connectivity index (χ0v) is 10.8. The first-order chi connectivity index (χ1) is 7.91. The lowest BCUT2D eigenvalue weighted by Gasteiger charge is -2.26. The lowest BCUT2D eigenvalue weighted by molar-refractivity contribution is -0.125. The maximum atomic E-state index is 12.3. The molecule has 2 unspecified atom stereocenters. The second-order valence-electron chi connectivity index (χ2n) is 6.71. The Bertz CT molecular complexity index is 397. The Balaban J connectivity index is 1.86. The van der Waals surface area contributed by atoms with Crippen LogP contribution in [0.2, 0.25) is 0 Å². The Hall–Kier alpha value is -1.06. The van der Waals surface area contributed by atoms with Gasteiger partial charge in [-0.2, -0.15) is 0 Å². The molecule has 1 heterocycles. The smallest absolute Gasteiger partial charge is 0.252 e. The van der Waals surface area contributed by atoms with E-state index in [9.17, 15) is 4.79 Å². The summed E-state index contributed by atoms with van der Waals surface area (Å²) in [6, 6.07) is 0.442. The highest BCUT2D eigenvalue weighted by molar-refractivity contribution is 6.09. The molecule has 2 saturated carbocycles. The molecule has 0 aromatic rings. The highest BCUT2D eigenvalue weighted by atomic mass is 16.2. The number of carbonyl (C=O) groups excluding carboxylic acids is 1. The number of amides is 1. The van der Waals surface area contributed by atoms with Gasteiger partial charge in [-0.1, -0.05) is 20.8 Å². The van der Waals surface area contributed by atoms with Gasteiger partial charge in [-0.25, -0.2) is 4.99 Å². The predicted molar refractivity (Wildman–Crippen MR) is 66.6 cm³/mol. The zero-order chi connectivity index (χ0) is 12.3. The standard InChI is InChI=1S/C13H21N3O/c1-8-6-12(2,3)7-13(8)10(17)15-11(16-13)14-9-4-5-9/h8-9H,4-7H2,1-3H3,(H2,14,15,16,17). The van der Waals surface area contributed by atoms with Crippen molar-refractivity contribution >= 4 is 11.9 Å². The van der Waals surface area contributed by atoms with E-state index in [2.05, 4.69) is 36.4 Å². The van der Waals surface area contributed by atoms with Crippen LogP contribution in [0.15, 0.2) is 4.99 Å². The number of rotatable bonds is 1. The van der Waals surface area contributed by atoms with E-state index in [4.69, 9.17) is 0 Å². The molecule has 0 aromatic carbocycles. The Morgan fingerprint density at radius 3 is 2.59 bits per heavy atom. The summed E-state index contributed by atoms with van der Waals surface area (Å²) in [6.45, 7) is 6.65. The fraction of sp³-hybridized carbons (Fsp3) is 0.846. The molecule has 2 N–H and O–H groups in total. The van der Waals surface area contributed by atoms with E-state index in [0.29, 0.717) is 17.9 Å². The Morgan fingerprint density at radius 2 is 2.06 bits per heavy atom. The molecule has 3 rings (SSSR count). The van der Waals surface area contributed by atoms with Gasteiger partial charge in [-0.3, -0.25) is 10.1 Å². The largest absolute Gasteiger partial charge is 0.341 e. The van der Waals surface area contributed by atoms with E-state index in [-0.39, 0.29) is 11.3 Å². The highest BCUT2D eigenvalue weighted by Crippen LogP contribution is 2.48. The van der Waals surface area contributed by atoms with Gasteiger partial charge in [0.25, 0.3) is 5.91 Å². The Morgan fingerprint density at radius 1 is 1.35 bits per heavy atom. The molecule has 0 aromatic heterocycles. The maximum absolute atomic E-state index is 12.3. The van der Waals surface area contributed by atoms with Gasteiger partial charge in [0, 0.05) is 0 Å². The molecule has 3 aliphatic rings. The van der Waals surface area contributed by atoms with Crippen molar-refractivity contribution in [2.75, 3.05) is 0 Å². The van der Waals surface area contributed by atoms with Gasteiger partial charge in [0.05, 0.1) is 6.04 Å². The molecule has 4 heteroatoms. The van der Waals surface area contributed by atoms with Crippen molar-refractivity contribution in [1.82, 2.24) is 10.6 Å². The Kier molecular flexibility index (Phi) is 2.11. The second kappa shape index (κ2) is 3.24. The van der Waals surface area contributed by atoms with Crippen LogP contribution in [0.5, 0.6) is 0 Å². The van der Waals surface area contributed by atoms with Gasteiger partial charge in [0.1, 0.15) is 5.54 Å². The minimum absolute atomic E-state index is 0.120. The van der Waals surface area contributed by atoms with E-state index in [1.165, 1.54) is 0 Å². The monoisotopic (exact) mass is 235 g/mol. The summed E-state index contributed by atoms with van der Waals surface area (Å²) in [5.41, 5.74) is -0.171. The number of carbonyl (C=O) groups is 1. The molecule has 2 aliphatic carbocycles. The quantitative estimate of drug-likeness (QED) is 0.722. The van der Waals surface area contributed by atoms with Crippen LogP contribution in [-0.2, 0) is 4.79 Å². The van der Waals surface area contributed by atoms with Crippen LogP contribution in [0.3, 0.4) is 0 Å². The van der Waals surface area contributed by atoms with Crippen molar-refractivity contribution in [3.63, 3.8) is 0 Å². The number of nitrogens with zero attached hydrogens (tertiary/aromatic N) is 1. The molecule has 2 atom stereocenters. The third kappa shape index (κ3) is 1.74. The molecule has 0 radical (unpaired) electrons. The lowest BCUT2D eigenvalue weighted by Crippen LogP contribution is -2.49. The first-order valence-electron chi connectivity index (χ1n) is 6.59. The highest BCUT2D eigenvalue weighted by Gasteiger charge is 2.57. The summed E-state index contributed by atoms with van der Waals surface area (Å²) in [4.78, 5) is 16.8. The van der Waals surface area contributed by atoms with Crippen LogP contribution in [0.25, 0.3) is 0 Å². The van der Waals surface area contributed by atoms with Gasteiger partial charge < -0.3 is 5.32 Å². The van der Waals surface area contributed by atoms with Gasteiger partial charge in [0.2, 0.25) is 0 Å². The van der Waals surface area contributed by atoms with Crippen LogP contribution in [-0.4, -0.2) is 23.4 Å². The summed E-state index contributed by atoms with van der Waals surface area (Å²) in [5, 5.41) is 6.31. The van der Waals surface area contributed by atoms with Crippen LogP contribution < -0.4 is 10.6 Å². The molecule has 1 saturated heterocycles. The predicted octanol–water partition coefficient (Wildman–Crippen LogP) is 1.42. The molecular formula is C13H21N3O. The van der Waals surface area contributed by atoms with Crippen LogP contribution >= 0.6 is 0 Å². The maximum Gasteiger partial charge on any atom is 0.252 e. The average molecular weight is 235 g/mol. The summed E-state index contributed by atoms with van der Waals surface area (Å²) in [7, 11) is 0. The first-order valence-corrected chi connectivity index (χ1v) is 6.59. The molecule has 1 amide bonds. The van der Waals surface area contributed by atoms with E-state index < -0.39 is 5.54 Å². The van der Waals surface area contributed by atoms with Gasteiger partial charge in [-0.15, -0.1) is 0 Å². The van der Waals surface area contributed by atoms with Crippen molar-refractivity contribution in [1.29, 1.82) is 0 Å². The summed E-state index contributed by atoms with van der Waals surface area (Å²) in [5.74, 6) is 1.20. The number of aliphatic imine (C=N–C) groups is 1. The first kappa shape index (κ1) is 11.1. The molecule has 94 valence electrons. The molecule has 4 nitrogen and oxygen atoms in total. The van der Waals surface area contributed by atoms with Crippen LogP contribution in [0.4, 0.5) is 0 Å². The number of hydrogen-bond acceptors (Lipinski definition) is 2. The Labute approximate surface area is 102 Å². The van der Waals surface area contributed by atoms with Crippen LogP contribution in [0.1, 0.15) is 46.5 Å². The zero-order valence-electron chi connectivity index (χ0n) is 10.8. The third-order valence-corrected chi connectivity index (χ3v) is 4.29. The number of guanidine groups is 1. The summed E-state index contributed by atoms with van der Waals surface area (Å²) >= 11 is 0. The van der Waals surface area contributed by atoms with Gasteiger partial charge in [-0.05, 0) is 37.0 Å². The molecule has 0 bridgehead atoms. The normalized spacial score (nSPS) is 41.9. The minimum Gasteiger partial charge on any atom is -0.341 e. The van der Waals surface area contributed by atoms with Gasteiger partial charge in [0.15, 0.2) is 5.96 Å². The van der Waals surface area contributed by atoms with Crippen LogP contribution in [0, 0.1) is 11.3 Å². The van der Waals surface area contributed by atoms with Crippen molar-refractivity contribution in [3.8, 4) is 0 Å². The van der Waals surface area contributed by atoms with Gasteiger partial charge >= 0.3 is 0 Å². The van der Waals surface area contributed by atoms with Crippen molar-refractivity contribution in [2.45, 2.75) is 58.0 Å². The molecule has 1 spiro atoms. The van der Waals surface area contributed by atoms with Crippen molar-refractivity contribution < 1.29 is 4.79 Å². The van der Waals surface area contributed by atoms with E-state index in [1.54, 1.807) is 0 Å². The molecular weight excluding hydrogens is 214 g/mol. The van der Waals surface area contributed by atoms with E-state index in [0.717, 1.165) is 25.7 Å². The minimum atomic E-state index is -0.406. The van der Waals surface area contributed by atoms with E-state index >= 15 is 0 Å². The summed E-state index contributed by atoms with van der Waals surface area (Å²) < 4.78 is 0. The molecule has 3 fully saturated rings. The lowest BCUT2D eigenvalue weighted by atomic mass is 9.86. The average Bonchev–Trinajstić information content (AvgIpc) is 2.87. The fourth-order valence-corrected chi connectivity index (χ4v) is 3.44.